The van der Waals surface area contributed by atoms with E-state index in [0.717, 1.165) is 21.4 Å². The maximum absolute atomic E-state index is 13.8. The number of aryl methyl sites for hydroxylation is 3. The average molecular weight is 551 g/mol. The van der Waals surface area contributed by atoms with Crippen LogP contribution in [0.25, 0.3) is 16.6 Å². The molecule has 0 spiro atoms. The zero-order valence-corrected chi connectivity index (χ0v) is 23.1. The number of ether oxygens (including phenoxy) is 1. The molecule has 208 valence electrons. The highest BCUT2D eigenvalue weighted by atomic mass is 16.5. The van der Waals surface area contributed by atoms with Crippen LogP contribution in [0.5, 0.6) is 5.75 Å². The van der Waals surface area contributed by atoms with Crippen molar-refractivity contribution in [3.05, 3.63) is 122 Å². The number of aromatic amines is 1. The van der Waals surface area contributed by atoms with Crippen molar-refractivity contribution >= 4 is 22.5 Å². The molecular weight excluding hydrogens is 520 g/mol. The number of nitrogens with zero attached hydrogens (tertiary/aromatic N) is 3. The molecule has 5 aromatic rings. The van der Waals surface area contributed by atoms with Gasteiger partial charge in [0, 0.05) is 17.7 Å². The van der Waals surface area contributed by atoms with Crippen LogP contribution in [0.15, 0.2) is 82.4 Å². The van der Waals surface area contributed by atoms with Crippen LogP contribution in [0, 0.1) is 13.8 Å². The van der Waals surface area contributed by atoms with E-state index in [4.69, 9.17) is 4.74 Å². The molecule has 3 aromatic carbocycles. The number of methoxy groups -OCH3 is 1. The number of hydrogen-bond donors (Lipinski definition) is 1. The minimum Gasteiger partial charge on any atom is -0.497 e. The second-order valence-corrected chi connectivity index (χ2v) is 10.1. The third-order valence-corrected chi connectivity index (χ3v) is 7.03. The van der Waals surface area contributed by atoms with Gasteiger partial charge in [-0.05, 0) is 68.3 Å². The number of benzene rings is 3. The van der Waals surface area contributed by atoms with E-state index in [1.807, 2.05) is 38.1 Å². The summed E-state index contributed by atoms with van der Waals surface area (Å²) in [6, 6.07) is 21.0. The lowest BCUT2D eigenvalue weighted by atomic mass is 10.0. The number of rotatable bonds is 10. The molecule has 0 radical (unpaired) electrons. The van der Waals surface area contributed by atoms with E-state index in [1.165, 1.54) is 11.7 Å². The summed E-state index contributed by atoms with van der Waals surface area (Å²) in [5, 5.41) is 7.15. The Balaban J connectivity index is 1.56. The van der Waals surface area contributed by atoms with Crippen LogP contribution in [-0.4, -0.2) is 38.0 Å². The highest BCUT2D eigenvalue weighted by molar-refractivity contribution is 5.99. The van der Waals surface area contributed by atoms with Crippen LogP contribution in [0.1, 0.15) is 39.3 Å². The SMILES string of the molecule is COc1ccc(-n2c(=O)c3ccc(C(=O)CCc4ccc(C)cc4)cc3n(CC(=O)Cc3cc(C)[nH]n3)c2=O)cc1. The Morgan fingerprint density at radius 3 is 2.32 bits per heavy atom. The molecule has 0 aliphatic heterocycles. The van der Waals surface area contributed by atoms with Crippen LogP contribution in [0.3, 0.4) is 0 Å². The highest BCUT2D eigenvalue weighted by Gasteiger charge is 2.19. The monoisotopic (exact) mass is 550 g/mol. The maximum atomic E-state index is 13.8. The quantitative estimate of drug-likeness (QED) is 0.262. The lowest BCUT2D eigenvalue weighted by Gasteiger charge is -2.15. The molecule has 0 aliphatic carbocycles. The van der Waals surface area contributed by atoms with Gasteiger partial charge in [-0.15, -0.1) is 0 Å². The van der Waals surface area contributed by atoms with Gasteiger partial charge >= 0.3 is 5.69 Å². The van der Waals surface area contributed by atoms with Gasteiger partial charge in [0.15, 0.2) is 11.6 Å². The average Bonchev–Trinajstić information content (AvgIpc) is 3.38. The number of nitrogens with one attached hydrogen (secondary N) is 1. The van der Waals surface area contributed by atoms with Crippen molar-refractivity contribution in [1.82, 2.24) is 19.3 Å². The molecular formula is C32H30N4O5. The van der Waals surface area contributed by atoms with Gasteiger partial charge in [0.25, 0.3) is 5.56 Å². The van der Waals surface area contributed by atoms with Crippen molar-refractivity contribution in [2.24, 2.45) is 0 Å². The largest absolute Gasteiger partial charge is 0.497 e. The fourth-order valence-corrected chi connectivity index (χ4v) is 4.81. The number of hydrogen-bond acceptors (Lipinski definition) is 6. The Kier molecular flexibility index (Phi) is 7.78. The summed E-state index contributed by atoms with van der Waals surface area (Å²) >= 11 is 0. The third kappa shape index (κ3) is 5.94. The molecule has 1 N–H and O–H groups in total. The molecule has 0 saturated heterocycles. The van der Waals surface area contributed by atoms with Gasteiger partial charge in [-0.3, -0.25) is 24.0 Å². The molecule has 0 bridgehead atoms. The molecule has 9 heteroatoms. The topological polar surface area (TPSA) is 116 Å². The Morgan fingerprint density at radius 2 is 1.66 bits per heavy atom. The summed E-state index contributed by atoms with van der Waals surface area (Å²) in [5.74, 6) is 0.182. The van der Waals surface area contributed by atoms with Crippen LogP contribution < -0.4 is 16.0 Å². The second-order valence-electron chi connectivity index (χ2n) is 10.1. The summed E-state index contributed by atoms with van der Waals surface area (Å²) in [7, 11) is 1.52. The zero-order chi connectivity index (χ0) is 29.1. The number of H-pyrrole nitrogens is 1. The predicted molar refractivity (Wildman–Crippen MR) is 156 cm³/mol. The van der Waals surface area contributed by atoms with Crippen molar-refractivity contribution in [2.75, 3.05) is 7.11 Å². The van der Waals surface area contributed by atoms with Crippen molar-refractivity contribution in [2.45, 2.75) is 39.7 Å². The highest BCUT2D eigenvalue weighted by Crippen LogP contribution is 2.18. The minimum absolute atomic E-state index is 0.00903. The number of carbonyl (C=O) groups excluding carboxylic acids is 2. The van der Waals surface area contributed by atoms with Gasteiger partial charge in [0.05, 0.1) is 42.4 Å². The molecule has 0 atom stereocenters. The smallest absolute Gasteiger partial charge is 0.336 e. The van der Waals surface area contributed by atoms with Crippen LogP contribution in [-0.2, 0) is 24.2 Å². The first-order valence-corrected chi connectivity index (χ1v) is 13.3. The Bertz CT molecular complexity index is 1860. The fourth-order valence-electron chi connectivity index (χ4n) is 4.81. The Morgan fingerprint density at radius 1 is 0.927 bits per heavy atom. The number of carbonyl (C=O) groups is 2. The normalized spacial score (nSPS) is 11.1. The van der Waals surface area contributed by atoms with Gasteiger partial charge in [0.1, 0.15) is 5.75 Å². The van der Waals surface area contributed by atoms with E-state index in [2.05, 4.69) is 10.2 Å². The van der Waals surface area contributed by atoms with Gasteiger partial charge in [0.2, 0.25) is 0 Å². The third-order valence-electron chi connectivity index (χ3n) is 7.03. The van der Waals surface area contributed by atoms with Crippen molar-refractivity contribution < 1.29 is 14.3 Å². The lowest BCUT2D eigenvalue weighted by molar-refractivity contribution is -0.119. The van der Waals surface area contributed by atoms with Gasteiger partial charge in [-0.1, -0.05) is 35.9 Å². The number of fused-ring (bicyclic) bond motifs is 1. The van der Waals surface area contributed by atoms with Crippen molar-refractivity contribution in [3.63, 3.8) is 0 Å². The molecule has 5 rings (SSSR count). The molecule has 41 heavy (non-hydrogen) atoms. The van der Waals surface area contributed by atoms with Crippen molar-refractivity contribution in [1.29, 1.82) is 0 Å². The number of ketones is 2. The fraction of sp³-hybridized carbons (Fsp3) is 0.219. The molecule has 0 saturated carbocycles. The molecule has 0 fully saturated rings. The first kappa shape index (κ1) is 27.5. The van der Waals surface area contributed by atoms with Gasteiger partial charge in [-0.25, -0.2) is 9.36 Å². The Hall–Kier alpha value is -5.05. The van der Waals surface area contributed by atoms with E-state index >= 15 is 0 Å². The summed E-state index contributed by atoms with van der Waals surface area (Å²) < 4.78 is 7.50. The van der Waals surface area contributed by atoms with Crippen LogP contribution >= 0.6 is 0 Å². The molecule has 2 aromatic heterocycles. The summed E-state index contributed by atoms with van der Waals surface area (Å²) in [6.07, 6.45) is 0.832. The molecule has 0 aliphatic rings. The number of Topliss-reactive ketones (excluding diaryl/α,β-unsaturated/α-hetero) is 2. The van der Waals surface area contributed by atoms with Crippen LogP contribution in [0.4, 0.5) is 0 Å². The Labute approximate surface area is 236 Å². The molecule has 0 unspecified atom stereocenters. The summed E-state index contributed by atoms with van der Waals surface area (Å²) in [6.45, 7) is 3.55. The molecule has 2 heterocycles. The first-order chi connectivity index (χ1) is 19.7. The van der Waals surface area contributed by atoms with E-state index in [1.54, 1.807) is 48.5 Å². The minimum atomic E-state index is -0.677. The second kappa shape index (κ2) is 11.6. The molecule has 0 amide bonds. The van der Waals surface area contributed by atoms with Crippen molar-refractivity contribution in [3.8, 4) is 11.4 Å². The van der Waals surface area contributed by atoms with Crippen LogP contribution in [0.2, 0.25) is 0 Å². The first-order valence-electron chi connectivity index (χ1n) is 13.3. The van der Waals surface area contributed by atoms with Gasteiger partial charge in [-0.2, -0.15) is 5.10 Å². The van der Waals surface area contributed by atoms with Gasteiger partial charge < -0.3 is 4.74 Å². The van der Waals surface area contributed by atoms with E-state index in [0.29, 0.717) is 29.1 Å². The lowest BCUT2D eigenvalue weighted by Crippen LogP contribution is -2.40. The summed E-state index contributed by atoms with van der Waals surface area (Å²) in [4.78, 5) is 53.7. The zero-order valence-electron chi connectivity index (χ0n) is 23.1. The van der Waals surface area contributed by atoms with E-state index < -0.39 is 11.2 Å². The molecule has 9 nitrogen and oxygen atoms in total. The maximum Gasteiger partial charge on any atom is 0.336 e. The van der Waals surface area contributed by atoms with E-state index in [-0.39, 0.29) is 41.9 Å². The predicted octanol–water partition coefficient (Wildman–Crippen LogP) is 4.13. The number of aromatic nitrogens is 4. The standard InChI is InChI=1S/C32H30N4O5/c1-20-4-6-22(7-5-20)8-15-30(38)23-9-14-28-29(17-23)35(19-26(37)18-24-16-21(2)33-34-24)32(40)36(31(28)39)25-10-12-27(41-3)13-11-25/h4-7,9-14,16-17H,8,15,18-19H2,1-3H3,(H,33,34). The van der Waals surface area contributed by atoms with E-state index in [9.17, 15) is 19.2 Å². The summed E-state index contributed by atoms with van der Waals surface area (Å²) in [5.41, 5.74) is 3.28.